The van der Waals surface area contributed by atoms with E-state index in [2.05, 4.69) is 26.8 Å². The largest absolute Gasteiger partial charge is 0.481 e. The van der Waals surface area contributed by atoms with Gasteiger partial charge in [-0.15, -0.1) is 0 Å². The first-order valence-corrected chi connectivity index (χ1v) is 16.3. The van der Waals surface area contributed by atoms with Crippen LogP contribution in [0.15, 0.2) is 59.5 Å². The van der Waals surface area contributed by atoms with E-state index < -0.39 is 17.7 Å². The van der Waals surface area contributed by atoms with E-state index in [1.807, 2.05) is 43.3 Å². The van der Waals surface area contributed by atoms with Crippen LogP contribution in [0.1, 0.15) is 54.1 Å². The molecule has 1 saturated heterocycles. The van der Waals surface area contributed by atoms with Gasteiger partial charge >= 0.3 is 0 Å². The van der Waals surface area contributed by atoms with Gasteiger partial charge in [-0.2, -0.15) is 5.10 Å². The highest BCUT2D eigenvalue weighted by atomic mass is 35.5. The van der Waals surface area contributed by atoms with E-state index in [1.165, 1.54) is 24.9 Å². The van der Waals surface area contributed by atoms with Crippen LogP contribution in [0.3, 0.4) is 0 Å². The number of rotatable bonds is 8. The molecule has 1 unspecified atom stereocenters. The Balaban J connectivity index is 1.25. The Morgan fingerprint density at radius 3 is 2.56 bits per heavy atom. The second kappa shape index (κ2) is 13.2. The summed E-state index contributed by atoms with van der Waals surface area (Å²) in [6.07, 6.45) is 2.41. The van der Waals surface area contributed by atoms with Gasteiger partial charge in [0.25, 0.3) is 12.0 Å². The summed E-state index contributed by atoms with van der Waals surface area (Å²) in [4.78, 5) is 22.1. The van der Waals surface area contributed by atoms with Crippen molar-refractivity contribution >= 4 is 33.9 Å². The molecule has 0 bridgehead atoms. The van der Waals surface area contributed by atoms with Crippen molar-refractivity contribution in [3.63, 3.8) is 0 Å². The lowest BCUT2D eigenvalue weighted by atomic mass is 9.96. The molecule has 1 fully saturated rings. The monoisotopic (exact) mass is 672 g/mol. The molecular formula is C36H35ClF2N6O3. The fourth-order valence-corrected chi connectivity index (χ4v) is 7.15. The molecule has 2 aliphatic rings. The fraction of sp³-hybridized carbons (Fsp3) is 0.333. The van der Waals surface area contributed by atoms with Crippen molar-refractivity contribution in [2.24, 2.45) is 7.05 Å². The first kappa shape index (κ1) is 32.1. The van der Waals surface area contributed by atoms with Gasteiger partial charge in [-0.3, -0.25) is 4.79 Å². The number of pyridine rings is 2. The highest BCUT2D eigenvalue weighted by Gasteiger charge is 2.31. The van der Waals surface area contributed by atoms with E-state index in [4.69, 9.17) is 26.1 Å². The Morgan fingerprint density at radius 2 is 1.79 bits per heavy atom. The Bertz CT molecular complexity index is 2080. The van der Waals surface area contributed by atoms with Crippen LogP contribution in [-0.2, 0) is 18.2 Å². The highest BCUT2D eigenvalue weighted by Crippen LogP contribution is 2.43. The molecule has 12 heteroatoms. The van der Waals surface area contributed by atoms with Gasteiger partial charge < -0.3 is 20.1 Å². The lowest BCUT2D eigenvalue weighted by molar-refractivity contribution is 0.0748. The zero-order valence-electron chi connectivity index (χ0n) is 26.8. The number of nitrogens with one attached hydrogen (secondary N) is 2. The Labute approximate surface area is 281 Å². The predicted molar refractivity (Wildman–Crippen MR) is 182 cm³/mol. The predicted octanol–water partition coefficient (Wildman–Crippen LogP) is 7.47. The van der Waals surface area contributed by atoms with E-state index >= 15 is 0 Å². The fourth-order valence-electron chi connectivity index (χ4n) is 6.82. The molecule has 0 radical (unpaired) electrons. The molecule has 0 amide bonds. The van der Waals surface area contributed by atoms with Gasteiger partial charge in [0.05, 0.1) is 29.4 Å². The van der Waals surface area contributed by atoms with Gasteiger partial charge in [0.2, 0.25) is 5.88 Å². The number of hydrogen-bond acceptors (Lipinski definition) is 8. The number of benzene rings is 2. The van der Waals surface area contributed by atoms with E-state index in [-0.39, 0.29) is 22.6 Å². The van der Waals surface area contributed by atoms with Crippen molar-refractivity contribution in [1.82, 2.24) is 25.1 Å². The number of alkyl halides is 2. The van der Waals surface area contributed by atoms with E-state index in [9.17, 15) is 13.6 Å². The standard InChI is InChI=1S/C36H35ClF2N6O3/c1-19-23(6-5-9-26(19)42-34-31-21(17-29(43-34)33(38)39)18-40-45(2)36(31)46)24-7-4-8-25(32(24)37)28-16-20-10-11-27(30(20)35(44-28)47-3)41-22-12-14-48-15-13-22/h4-9,16-18,22,27,33,41H,10-15H2,1-3H3,(H,42,43). The quantitative estimate of drug-likeness (QED) is 0.175. The Hall–Kier alpha value is -4.45. The molecule has 1 aliphatic carbocycles. The van der Waals surface area contributed by atoms with Crippen molar-refractivity contribution in [1.29, 1.82) is 0 Å². The number of methoxy groups -OCH3 is 1. The number of anilines is 2. The second-order valence-corrected chi connectivity index (χ2v) is 12.6. The molecule has 3 aromatic heterocycles. The molecule has 1 atom stereocenters. The molecule has 2 aromatic carbocycles. The van der Waals surface area contributed by atoms with Gasteiger partial charge in [-0.1, -0.05) is 41.9 Å². The average Bonchev–Trinajstić information content (AvgIpc) is 3.49. The van der Waals surface area contributed by atoms with Crippen LogP contribution in [-0.4, -0.2) is 46.1 Å². The summed E-state index contributed by atoms with van der Waals surface area (Å²) >= 11 is 7.17. The molecule has 4 heterocycles. The van der Waals surface area contributed by atoms with Crippen molar-refractivity contribution in [2.75, 3.05) is 25.6 Å². The van der Waals surface area contributed by atoms with Gasteiger partial charge in [-0.25, -0.2) is 23.4 Å². The minimum atomic E-state index is -2.83. The van der Waals surface area contributed by atoms with E-state index in [0.717, 1.165) is 77.1 Å². The third-order valence-electron chi connectivity index (χ3n) is 9.33. The maximum absolute atomic E-state index is 13.8. The molecule has 1 aliphatic heterocycles. The number of halogens is 3. The Kier molecular flexibility index (Phi) is 8.84. The maximum Gasteiger partial charge on any atom is 0.280 e. The lowest BCUT2D eigenvalue weighted by Crippen LogP contribution is -2.36. The lowest BCUT2D eigenvalue weighted by Gasteiger charge is -2.27. The van der Waals surface area contributed by atoms with Crippen molar-refractivity contribution < 1.29 is 18.3 Å². The number of aryl methyl sites for hydroxylation is 2. The minimum Gasteiger partial charge on any atom is -0.481 e. The first-order chi connectivity index (χ1) is 23.2. The molecule has 0 saturated carbocycles. The van der Waals surface area contributed by atoms with Crippen molar-refractivity contribution in [2.45, 2.75) is 51.1 Å². The zero-order valence-corrected chi connectivity index (χ0v) is 27.6. The average molecular weight is 673 g/mol. The summed E-state index contributed by atoms with van der Waals surface area (Å²) in [6, 6.07) is 15.3. The Morgan fingerprint density at radius 1 is 1.04 bits per heavy atom. The molecule has 48 heavy (non-hydrogen) atoms. The smallest absolute Gasteiger partial charge is 0.280 e. The molecule has 0 spiro atoms. The van der Waals surface area contributed by atoms with Crippen LogP contribution < -0.4 is 20.9 Å². The van der Waals surface area contributed by atoms with Crippen LogP contribution in [0.4, 0.5) is 20.3 Å². The van der Waals surface area contributed by atoms with Crippen LogP contribution >= 0.6 is 11.6 Å². The van der Waals surface area contributed by atoms with E-state index in [0.29, 0.717) is 22.6 Å². The van der Waals surface area contributed by atoms with Gasteiger partial charge in [-0.05, 0) is 67.5 Å². The number of hydrogen-bond donors (Lipinski definition) is 2. The SMILES string of the molecule is COc1nc(-c2cccc(-c3cccc(Nc4nc(C(F)F)cc5cnn(C)c(=O)c45)c3C)c2Cl)cc2c1C(NC1CCOCC1)CC2. The maximum atomic E-state index is 13.8. The molecule has 9 nitrogen and oxygen atoms in total. The topological polar surface area (TPSA) is 103 Å². The van der Waals surface area contributed by atoms with Gasteiger partial charge in [0, 0.05) is 60.1 Å². The first-order valence-electron chi connectivity index (χ1n) is 16.0. The third-order valence-corrected chi connectivity index (χ3v) is 9.74. The van der Waals surface area contributed by atoms with Crippen LogP contribution in [0.25, 0.3) is 33.2 Å². The van der Waals surface area contributed by atoms with Crippen LogP contribution in [0.2, 0.25) is 5.02 Å². The molecule has 2 N–H and O–H groups in total. The molecule has 5 aromatic rings. The van der Waals surface area contributed by atoms with Gasteiger partial charge in [0.15, 0.2) is 0 Å². The van der Waals surface area contributed by atoms with Crippen molar-refractivity contribution in [3.05, 3.63) is 92.5 Å². The second-order valence-electron chi connectivity index (χ2n) is 12.2. The number of ether oxygens (including phenoxy) is 2. The van der Waals surface area contributed by atoms with Crippen molar-refractivity contribution in [3.8, 4) is 28.3 Å². The molecular weight excluding hydrogens is 638 g/mol. The summed E-state index contributed by atoms with van der Waals surface area (Å²) in [7, 11) is 3.15. The number of aromatic nitrogens is 4. The summed E-state index contributed by atoms with van der Waals surface area (Å²) < 4.78 is 40.1. The zero-order chi connectivity index (χ0) is 33.5. The van der Waals surface area contributed by atoms with Crippen LogP contribution in [0.5, 0.6) is 5.88 Å². The summed E-state index contributed by atoms with van der Waals surface area (Å²) in [5.41, 5.74) is 5.87. The third kappa shape index (κ3) is 5.91. The summed E-state index contributed by atoms with van der Waals surface area (Å²) in [5.74, 6) is 0.630. The molecule has 7 rings (SSSR count). The minimum absolute atomic E-state index is 0.0324. The van der Waals surface area contributed by atoms with Gasteiger partial charge in [0.1, 0.15) is 11.5 Å². The summed E-state index contributed by atoms with van der Waals surface area (Å²) in [5, 5.41) is 11.9. The highest BCUT2D eigenvalue weighted by molar-refractivity contribution is 6.36. The number of fused-ring (bicyclic) bond motifs is 2. The normalized spacial score (nSPS) is 16.4. The number of nitrogens with zero attached hydrogens (tertiary/aromatic N) is 4. The van der Waals surface area contributed by atoms with E-state index in [1.54, 1.807) is 7.11 Å². The molecule has 248 valence electrons. The summed E-state index contributed by atoms with van der Waals surface area (Å²) in [6.45, 7) is 3.45. The van der Waals surface area contributed by atoms with Crippen LogP contribution in [0, 0.1) is 6.92 Å².